The molecule has 1 fully saturated rings. The van der Waals surface area contributed by atoms with Gasteiger partial charge in [0.15, 0.2) is 0 Å². The molecule has 0 amide bonds. The molecule has 3 nitrogen and oxygen atoms in total. The summed E-state index contributed by atoms with van der Waals surface area (Å²) in [6.07, 6.45) is 2.42. The van der Waals surface area contributed by atoms with Crippen molar-refractivity contribution in [1.29, 1.82) is 0 Å². The van der Waals surface area contributed by atoms with Gasteiger partial charge in [0.1, 0.15) is 6.61 Å². The van der Waals surface area contributed by atoms with Crippen molar-refractivity contribution in [3.8, 4) is 0 Å². The summed E-state index contributed by atoms with van der Waals surface area (Å²) in [5, 5.41) is 3.41. The van der Waals surface area contributed by atoms with E-state index in [0.29, 0.717) is 12.1 Å². The van der Waals surface area contributed by atoms with Crippen molar-refractivity contribution in [2.24, 2.45) is 10.4 Å². The monoisotopic (exact) mass is 196 g/mol. The normalized spacial score (nSPS) is 32.9. The van der Waals surface area contributed by atoms with Crippen LogP contribution in [0, 0.1) is 5.41 Å². The molecule has 2 heterocycles. The first-order valence-electron chi connectivity index (χ1n) is 5.51. The Bertz CT molecular complexity index is 236. The Hall–Kier alpha value is -0.570. The summed E-state index contributed by atoms with van der Waals surface area (Å²) >= 11 is 0. The van der Waals surface area contributed by atoms with Crippen LogP contribution in [0.4, 0.5) is 0 Å². The Labute approximate surface area is 85.9 Å². The lowest BCUT2D eigenvalue weighted by Gasteiger charge is -2.21. The van der Waals surface area contributed by atoms with Crippen molar-refractivity contribution >= 4 is 5.90 Å². The summed E-state index contributed by atoms with van der Waals surface area (Å²) in [7, 11) is 0. The number of ether oxygens (including phenoxy) is 1. The van der Waals surface area contributed by atoms with Crippen LogP contribution in [0.5, 0.6) is 0 Å². The predicted octanol–water partition coefficient (Wildman–Crippen LogP) is 1.58. The molecule has 14 heavy (non-hydrogen) atoms. The highest BCUT2D eigenvalue weighted by atomic mass is 16.5. The van der Waals surface area contributed by atoms with Gasteiger partial charge in [-0.2, -0.15) is 0 Å². The van der Waals surface area contributed by atoms with Crippen LogP contribution in [0.2, 0.25) is 0 Å². The van der Waals surface area contributed by atoms with E-state index in [9.17, 15) is 0 Å². The topological polar surface area (TPSA) is 33.6 Å². The maximum absolute atomic E-state index is 5.66. The first-order valence-corrected chi connectivity index (χ1v) is 5.51. The largest absolute Gasteiger partial charge is 0.478 e. The quantitative estimate of drug-likeness (QED) is 0.691. The van der Waals surface area contributed by atoms with Gasteiger partial charge >= 0.3 is 0 Å². The third-order valence-electron chi connectivity index (χ3n) is 3.03. The van der Waals surface area contributed by atoms with Gasteiger partial charge in [0.2, 0.25) is 5.90 Å². The number of hydrogen-bond acceptors (Lipinski definition) is 3. The first kappa shape index (κ1) is 9.97. The summed E-state index contributed by atoms with van der Waals surface area (Å²) in [5.41, 5.74) is 0.223. The highest BCUT2D eigenvalue weighted by Gasteiger charge is 2.33. The average Bonchev–Trinajstić information content (AvgIpc) is 2.73. The van der Waals surface area contributed by atoms with E-state index in [1.807, 2.05) is 0 Å². The smallest absolute Gasteiger partial charge is 0.201 e. The molecule has 0 bridgehead atoms. The molecular formula is C11H20N2O. The number of nitrogens with zero attached hydrogens (tertiary/aromatic N) is 1. The molecular weight excluding hydrogens is 176 g/mol. The van der Waals surface area contributed by atoms with Gasteiger partial charge in [0, 0.05) is 0 Å². The molecule has 0 aliphatic carbocycles. The van der Waals surface area contributed by atoms with Crippen LogP contribution < -0.4 is 5.32 Å². The molecule has 2 aliphatic heterocycles. The molecule has 3 heteroatoms. The number of rotatable bonds is 1. The highest BCUT2D eigenvalue weighted by Crippen LogP contribution is 2.27. The molecule has 0 aromatic carbocycles. The van der Waals surface area contributed by atoms with Crippen molar-refractivity contribution in [1.82, 2.24) is 5.32 Å². The summed E-state index contributed by atoms with van der Waals surface area (Å²) in [6.45, 7) is 8.52. The fraction of sp³-hybridized carbons (Fsp3) is 0.909. The molecule has 1 N–H and O–H groups in total. The molecule has 0 spiro atoms. The third kappa shape index (κ3) is 1.92. The van der Waals surface area contributed by atoms with Crippen LogP contribution in [0.1, 0.15) is 33.6 Å². The summed E-state index contributed by atoms with van der Waals surface area (Å²) in [6, 6.07) is 0.724. The molecule has 2 atom stereocenters. The molecule has 0 saturated carbocycles. The maximum atomic E-state index is 5.66. The third-order valence-corrected chi connectivity index (χ3v) is 3.03. The van der Waals surface area contributed by atoms with Crippen molar-refractivity contribution in [3.05, 3.63) is 0 Å². The zero-order chi connectivity index (χ0) is 10.2. The molecule has 2 aliphatic rings. The summed E-state index contributed by atoms with van der Waals surface area (Å²) < 4.78 is 5.66. The van der Waals surface area contributed by atoms with Gasteiger partial charge in [-0.3, -0.25) is 0 Å². The zero-order valence-electron chi connectivity index (χ0n) is 9.34. The Morgan fingerprint density at radius 3 is 2.71 bits per heavy atom. The Morgan fingerprint density at radius 2 is 2.21 bits per heavy atom. The maximum Gasteiger partial charge on any atom is 0.201 e. The van der Waals surface area contributed by atoms with Gasteiger partial charge in [0.25, 0.3) is 0 Å². The SMILES string of the molecule is CC(C)(C)[C@@H]1COC([C@H]2CCCN2)=N1. The molecule has 0 radical (unpaired) electrons. The second-order valence-corrected chi connectivity index (χ2v) is 5.31. The molecule has 2 rings (SSSR count). The summed E-state index contributed by atoms with van der Waals surface area (Å²) in [5.74, 6) is 0.947. The second kappa shape index (κ2) is 3.54. The second-order valence-electron chi connectivity index (χ2n) is 5.31. The van der Waals surface area contributed by atoms with Crippen LogP contribution in [-0.4, -0.2) is 31.1 Å². The fourth-order valence-corrected chi connectivity index (χ4v) is 1.92. The lowest BCUT2D eigenvalue weighted by molar-refractivity contribution is 0.231. The highest BCUT2D eigenvalue weighted by molar-refractivity contribution is 5.83. The minimum atomic E-state index is 0.223. The Morgan fingerprint density at radius 1 is 1.43 bits per heavy atom. The lowest BCUT2D eigenvalue weighted by atomic mass is 9.88. The Kier molecular flexibility index (Phi) is 2.52. The van der Waals surface area contributed by atoms with E-state index in [1.165, 1.54) is 12.8 Å². The lowest BCUT2D eigenvalue weighted by Crippen LogP contribution is -2.30. The van der Waals surface area contributed by atoms with Gasteiger partial charge in [0.05, 0.1) is 12.1 Å². The van der Waals surface area contributed by atoms with E-state index in [1.54, 1.807) is 0 Å². The van der Waals surface area contributed by atoms with E-state index in [0.717, 1.165) is 19.0 Å². The molecule has 0 unspecified atom stereocenters. The van der Waals surface area contributed by atoms with Gasteiger partial charge in [-0.05, 0) is 24.8 Å². The van der Waals surface area contributed by atoms with E-state index >= 15 is 0 Å². The van der Waals surface area contributed by atoms with Crippen LogP contribution >= 0.6 is 0 Å². The van der Waals surface area contributed by atoms with Gasteiger partial charge in [-0.1, -0.05) is 20.8 Å². The minimum Gasteiger partial charge on any atom is -0.478 e. The van der Waals surface area contributed by atoms with E-state index in [-0.39, 0.29) is 5.41 Å². The van der Waals surface area contributed by atoms with Gasteiger partial charge < -0.3 is 10.1 Å². The van der Waals surface area contributed by atoms with E-state index in [4.69, 9.17) is 4.74 Å². The van der Waals surface area contributed by atoms with Crippen LogP contribution in [0.15, 0.2) is 4.99 Å². The van der Waals surface area contributed by atoms with Crippen LogP contribution in [-0.2, 0) is 4.74 Å². The van der Waals surface area contributed by atoms with E-state index < -0.39 is 0 Å². The molecule has 0 aromatic heterocycles. The average molecular weight is 196 g/mol. The van der Waals surface area contributed by atoms with Gasteiger partial charge in [-0.25, -0.2) is 4.99 Å². The van der Waals surface area contributed by atoms with Crippen molar-refractivity contribution in [2.45, 2.75) is 45.7 Å². The van der Waals surface area contributed by atoms with Crippen LogP contribution in [0.25, 0.3) is 0 Å². The standard InChI is InChI=1S/C11H20N2O/c1-11(2,3)9-7-14-10(13-9)8-5-4-6-12-8/h8-9,12H,4-7H2,1-3H3/t8-,9+/m1/s1. The summed E-state index contributed by atoms with van der Waals surface area (Å²) in [4.78, 5) is 4.67. The van der Waals surface area contributed by atoms with Crippen molar-refractivity contribution in [3.63, 3.8) is 0 Å². The zero-order valence-corrected chi connectivity index (χ0v) is 9.34. The molecule has 0 aromatic rings. The first-order chi connectivity index (χ1) is 6.57. The molecule has 80 valence electrons. The van der Waals surface area contributed by atoms with Crippen molar-refractivity contribution < 1.29 is 4.74 Å². The number of aliphatic imine (C=N–C) groups is 1. The van der Waals surface area contributed by atoms with E-state index in [2.05, 4.69) is 31.1 Å². The fourth-order valence-electron chi connectivity index (χ4n) is 1.92. The van der Waals surface area contributed by atoms with Crippen LogP contribution in [0.3, 0.4) is 0 Å². The van der Waals surface area contributed by atoms with Gasteiger partial charge in [-0.15, -0.1) is 0 Å². The molecule has 1 saturated heterocycles. The predicted molar refractivity (Wildman–Crippen MR) is 57.7 cm³/mol. The van der Waals surface area contributed by atoms with Crippen molar-refractivity contribution in [2.75, 3.05) is 13.2 Å². The number of nitrogens with one attached hydrogen (secondary N) is 1. The minimum absolute atomic E-state index is 0.223. The Balaban J connectivity index is 2.01. The number of hydrogen-bond donors (Lipinski definition) is 1.